The molecule has 1 amide bonds. The van der Waals surface area contributed by atoms with Crippen LogP contribution in [0, 0.1) is 17.6 Å². The highest BCUT2D eigenvalue weighted by Gasteiger charge is 2.25. The van der Waals surface area contributed by atoms with E-state index >= 15 is 0 Å². The molecule has 0 radical (unpaired) electrons. The minimum atomic E-state index is -0.825. The van der Waals surface area contributed by atoms with Crippen LogP contribution >= 0.6 is 12.4 Å². The number of amides is 1. The minimum Gasteiger partial charge on any atom is -0.349 e. The van der Waals surface area contributed by atoms with Crippen LogP contribution in [-0.2, 0) is 0 Å². The molecule has 2 unspecified atom stereocenters. The summed E-state index contributed by atoms with van der Waals surface area (Å²) in [5.41, 5.74) is -0.497. The van der Waals surface area contributed by atoms with E-state index in [0.717, 1.165) is 31.6 Å². The Morgan fingerprint density at radius 2 is 2.00 bits per heavy atom. The molecule has 0 aromatic heterocycles. The van der Waals surface area contributed by atoms with Gasteiger partial charge in [0.25, 0.3) is 5.91 Å². The zero-order chi connectivity index (χ0) is 13.1. The van der Waals surface area contributed by atoms with Crippen LogP contribution in [0.1, 0.15) is 23.7 Å². The van der Waals surface area contributed by atoms with E-state index in [0.29, 0.717) is 0 Å². The first-order valence-corrected chi connectivity index (χ1v) is 6.05. The Morgan fingerprint density at radius 3 is 2.58 bits per heavy atom. The molecule has 1 heterocycles. The van der Waals surface area contributed by atoms with Gasteiger partial charge in [-0.05, 0) is 37.6 Å². The van der Waals surface area contributed by atoms with Crippen molar-refractivity contribution >= 4 is 18.3 Å². The third kappa shape index (κ3) is 3.64. The fourth-order valence-electron chi connectivity index (χ4n) is 2.18. The second kappa shape index (κ2) is 6.82. The zero-order valence-electron chi connectivity index (χ0n) is 10.6. The van der Waals surface area contributed by atoms with Gasteiger partial charge in [0.15, 0.2) is 0 Å². The number of carbonyl (C=O) groups excluding carboxylic acids is 1. The van der Waals surface area contributed by atoms with Gasteiger partial charge in [0, 0.05) is 6.04 Å². The topological polar surface area (TPSA) is 41.1 Å². The molecular weight excluding hydrogens is 274 g/mol. The number of hydrogen-bond acceptors (Lipinski definition) is 2. The molecular formula is C13H17ClF2N2O. The van der Waals surface area contributed by atoms with Gasteiger partial charge in [-0.25, -0.2) is 8.78 Å². The molecule has 1 saturated heterocycles. The maximum atomic E-state index is 13.4. The smallest absolute Gasteiger partial charge is 0.257 e. The summed E-state index contributed by atoms with van der Waals surface area (Å²) >= 11 is 0. The molecule has 0 aliphatic carbocycles. The summed E-state index contributed by atoms with van der Waals surface area (Å²) in [6.07, 6.45) is 0.767. The lowest BCUT2D eigenvalue weighted by molar-refractivity contribution is 0.0905. The average Bonchev–Trinajstić information content (AvgIpc) is 2.32. The lowest BCUT2D eigenvalue weighted by atomic mass is 9.95. The minimum absolute atomic E-state index is 0. The molecule has 2 atom stereocenters. The molecule has 1 fully saturated rings. The highest BCUT2D eigenvalue weighted by Crippen LogP contribution is 2.15. The van der Waals surface area contributed by atoms with E-state index in [1.807, 2.05) is 6.92 Å². The van der Waals surface area contributed by atoms with E-state index in [4.69, 9.17) is 0 Å². The summed E-state index contributed by atoms with van der Waals surface area (Å²) in [4.78, 5) is 11.9. The van der Waals surface area contributed by atoms with Crippen molar-refractivity contribution < 1.29 is 13.6 Å². The first-order valence-electron chi connectivity index (χ1n) is 6.05. The number of benzene rings is 1. The maximum Gasteiger partial charge on any atom is 0.257 e. The quantitative estimate of drug-likeness (QED) is 0.876. The largest absolute Gasteiger partial charge is 0.349 e. The van der Waals surface area contributed by atoms with Gasteiger partial charge in [-0.15, -0.1) is 12.4 Å². The summed E-state index contributed by atoms with van der Waals surface area (Å²) in [6.45, 7) is 3.59. The molecule has 2 rings (SSSR count). The van der Waals surface area contributed by atoms with Crippen LogP contribution in [0.2, 0.25) is 0 Å². The monoisotopic (exact) mass is 290 g/mol. The van der Waals surface area contributed by atoms with Crippen molar-refractivity contribution in [3.63, 3.8) is 0 Å². The van der Waals surface area contributed by atoms with Gasteiger partial charge in [-0.1, -0.05) is 13.0 Å². The summed E-state index contributed by atoms with van der Waals surface area (Å²) in [6, 6.07) is 3.38. The van der Waals surface area contributed by atoms with Gasteiger partial charge in [0.05, 0.1) is 0 Å². The number of halogens is 3. The molecule has 3 nitrogen and oxygen atoms in total. The molecule has 1 aromatic carbocycles. The van der Waals surface area contributed by atoms with E-state index in [9.17, 15) is 13.6 Å². The Hall–Kier alpha value is -1.20. The number of rotatable bonds is 2. The third-order valence-electron chi connectivity index (χ3n) is 3.29. The SMILES string of the molecule is CC1CNCCC1NC(=O)c1c(F)cccc1F.Cl. The highest BCUT2D eigenvalue weighted by molar-refractivity contribution is 5.94. The lowest BCUT2D eigenvalue weighted by Crippen LogP contribution is -2.48. The Labute approximate surface area is 117 Å². The fourth-order valence-corrected chi connectivity index (χ4v) is 2.18. The standard InChI is InChI=1S/C13H16F2N2O.ClH/c1-8-7-16-6-5-11(8)17-13(18)12-9(14)3-2-4-10(12)15;/h2-4,8,11,16H,5-7H2,1H3,(H,17,18);1H. The average molecular weight is 291 g/mol. The van der Waals surface area contributed by atoms with Crippen molar-refractivity contribution in [1.29, 1.82) is 0 Å². The normalized spacial score (nSPS) is 22.5. The highest BCUT2D eigenvalue weighted by atomic mass is 35.5. The molecule has 1 aliphatic rings. The van der Waals surface area contributed by atoms with Crippen LogP contribution in [-0.4, -0.2) is 25.0 Å². The van der Waals surface area contributed by atoms with Gasteiger partial charge in [0.1, 0.15) is 17.2 Å². The molecule has 0 bridgehead atoms. The van der Waals surface area contributed by atoms with Crippen molar-refractivity contribution in [1.82, 2.24) is 10.6 Å². The number of nitrogens with one attached hydrogen (secondary N) is 2. The van der Waals surface area contributed by atoms with Crippen LogP contribution in [0.4, 0.5) is 8.78 Å². The van der Waals surface area contributed by atoms with Crippen molar-refractivity contribution in [3.05, 3.63) is 35.4 Å². The van der Waals surface area contributed by atoms with E-state index in [1.54, 1.807) is 0 Å². The molecule has 2 N–H and O–H groups in total. The Balaban J connectivity index is 0.00000180. The second-order valence-corrected chi connectivity index (χ2v) is 4.65. The van der Waals surface area contributed by atoms with Crippen molar-refractivity contribution in [2.45, 2.75) is 19.4 Å². The Bertz CT molecular complexity index is 436. The predicted octanol–water partition coefficient (Wildman–Crippen LogP) is 2.11. The van der Waals surface area contributed by atoms with E-state index in [1.165, 1.54) is 6.07 Å². The van der Waals surface area contributed by atoms with Crippen LogP contribution in [0.15, 0.2) is 18.2 Å². The van der Waals surface area contributed by atoms with Crippen LogP contribution < -0.4 is 10.6 Å². The van der Waals surface area contributed by atoms with Gasteiger partial charge in [-0.3, -0.25) is 4.79 Å². The zero-order valence-corrected chi connectivity index (χ0v) is 11.4. The molecule has 106 valence electrons. The van der Waals surface area contributed by atoms with Crippen molar-refractivity contribution in [2.24, 2.45) is 5.92 Å². The number of piperidine rings is 1. The lowest BCUT2D eigenvalue weighted by Gasteiger charge is -2.30. The number of carbonyl (C=O) groups is 1. The van der Waals surface area contributed by atoms with Gasteiger partial charge in [-0.2, -0.15) is 0 Å². The molecule has 1 aromatic rings. The summed E-state index contributed by atoms with van der Waals surface area (Å²) in [5, 5.41) is 5.91. The van der Waals surface area contributed by atoms with Crippen molar-refractivity contribution in [2.75, 3.05) is 13.1 Å². The molecule has 19 heavy (non-hydrogen) atoms. The molecule has 0 spiro atoms. The van der Waals surface area contributed by atoms with Crippen LogP contribution in [0.25, 0.3) is 0 Å². The molecule has 6 heteroatoms. The van der Waals surface area contributed by atoms with Crippen LogP contribution in [0.3, 0.4) is 0 Å². The molecule has 0 saturated carbocycles. The summed E-state index contributed by atoms with van der Waals surface area (Å²) in [7, 11) is 0. The van der Waals surface area contributed by atoms with Gasteiger partial charge in [0.2, 0.25) is 0 Å². The number of hydrogen-bond donors (Lipinski definition) is 2. The Kier molecular flexibility index (Phi) is 5.69. The fraction of sp³-hybridized carbons (Fsp3) is 0.462. The first-order chi connectivity index (χ1) is 8.59. The van der Waals surface area contributed by atoms with E-state index < -0.39 is 23.1 Å². The third-order valence-corrected chi connectivity index (χ3v) is 3.29. The van der Waals surface area contributed by atoms with Gasteiger partial charge >= 0.3 is 0 Å². The summed E-state index contributed by atoms with van der Waals surface area (Å²) < 4.78 is 26.9. The predicted molar refractivity (Wildman–Crippen MR) is 71.5 cm³/mol. The second-order valence-electron chi connectivity index (χ2n) is 4.65. The van der Waals surface area contributed by atoms with Crippen molar-refractivity contribution in [3.8, 4) is 0 Å². The van der Waals surface area contributed by atoms with E-state index in [2.05, 4.69) is 10.6 Å². The first kappa shape index (κ1) is 15.9. The van der Waals surface area contributed by atoms with E-state index in [-0.39, 0.29) is 24.4 Å². The summed E-state index contributed by atoms with van der Waals surface area (Å²) in [5.74, 6) is -2.08. The van der Waals surface area contributed by atoms with Gasteiger partial charge < -0.3 is 10.6 Å². The Morgan fingerprint density at radius 1 is 1.37 bits per heavy atom. The molecule has 1 aliphatic heterocycles. The maximum absolute atomic E-state index is 13.4. The van der Waals surface area contributed by atoms with Crippen LogP contribution in [0.5, 0.6) is 0 Å².